The highest BCUT2D eigenvalue weighted by Gasteiger charge is 2.34. The van der Waals surface area contributed by atoms with Crippen LogP contribution < -0.4 is 10.9 Å². The van der Waals surface area contributed by atoms with E-state index in [0.29, 0.717) is 17.7 Å². The summed E-state index contributed by atoms with van der Waals surface area (Å²) in [6.45, 7) is 8.02. The van der Waals surface area contributed by atoms with Crippen LogP contribution in [-0.4, -0.2) is 31.4 Å². The van der Waals surface area contributed by atoms with Crippen LogP contribution in [0.5, 0.6) is 0 Å². The van der Waals surface area contributed by atoms with E-state index in [4.69, 9.17) is 9.84 Å². The third-order valence-corrected chi connectivity index (χ3v) is 7.13. The fraction of sp³-hybridized carbons (Fsp3) is 0.481. The average molecular weight is 489 g/mol. The Balaban J connectivity index is 1.46. The van der Waals surface area contributed by atoms with E-state index in [0.717, 1.165) is 48.0 Å². The molecule has 1 fully saturated rings. The van der Waals surface area contributed by atoms with Crippen LogP contribution in [0.1, 0.15) is 76.6 Å². The number of carbonyl (C=O) groups excluding carboxylic acids is 1. The van der Waals surface area contributed by atoms with Gasteiger partial charge in [0.05, 0.1) is 36.1 Å². The molecule has 1 amide bonds. The summed E-state index contributed by atoms with van der Waals surface area (Å²) in [5.41, 5.74) is 2.80. The minimum atomic E-state index is -0.561. The minimum Gasteiger partial charge on any atom is -0.444 e. The molecule has 1 aliphatic carbocycles. The van der Waals surface area contributed by atoms with Crippen LogP contribution in [0.2, 0.25) is 0 Å². The summed E-state index contributed by atoms with van der Waals surface area (Å²) in [5.74, 6) is 0.332. The summed E-state index contributed by atoms with van der Waals surface area (Å²) in [4.78, 5) is 30.0. The topological polar surface area (TPSA) is 116 Å². The maximum atomic E-state index is 12.8. The van der Waals surface area contributed by atoms with Crippen LogP contribution >= 0.6 is 0 Å². The van der Waals surface area contributed by atoms with E-state index >= 15 is 0 Å². The predicted octanol–water partition coefficient (Wildman–Crippen LogP) is 5.53. The molecule has 1 saturated carbocycles. The van der Waals surface area contributed by atoms with Gasteiger partial charge in [-0.1, -0.05) is 18.9 Å². The van der Waals surface area contributed by atoms with Crippen molar-refractivity contribution in [2.24, 2.45) is 5.92 Å². The quantitative estimate of drug-likeness (QED) is 0.500. The molecule has 1 aliphatic heterocycles. The van der Waals surface area contributed by atoms with Gasteiger partial charge in [-0.15, -0.1) is 0 Å². The van der Waals surface area contributed by atoms with Crippen LogP contribution in [0.15, 0.2) is 35.3 Å². The summed E-state index contributed by atoms with van der Waals surface area (Å²) in [5, 5.41) is 18.3. The highest BCUT2D eigenvalue weighted by Crippen LogP contribution is 2.38. The van der Waals surface area contributed by atoms with Crippen LogP contribution in [0, 0.1) is 17.2 Å². The van der Waals surface area contributed by atoms with Crippen molar-refractivity contribution in [3.05, 3.63) is 51.9 Å². The van der Waals surface area contributed by atoms with Gasteiger partial charge in [-0.25, -0.2) is 4.79 Å². The Morgan fingerprint density at radius 2 is 2.03 bits per heavy atom. The van der Waals surface area contributed by atoms with E-state index in [-0.39, 0.29) is 29.7 Å². The molecule has 188 valence electrons. The molecule has 0 radical (unpaired) electrons. The normalized spacial score (nSPS) is 21.8. The van der Waals surface area contributed by atoms with Crippen LogP contribution in [0.3, 0.4) is 0 Å². The molecule has 9 heteroatoms. The van der Waals surface area contributed by atoms with Gasteiger partial charge in [0.15, 0.2) is 5.82 Å². The molecule has 1 aromatic carbocycles. The zero-order valence-electron chi connectivity index (χ0n) is 21.2. The average Bonchev–Trinajstić information content (AvgIpc) is 3.36. The molecule has 3 heterocycles. The minimum absolute atomic E-state index is 0.0631. The van der Waals surface area contributed by atoms with E-state index in [9.17, 15) is 14.9 Å². The number of aromatic amines is 1. The summed E-state index contributed by atoms with van der Waals surface area (Å²) in [6, 6.07) is 10.1. The standard InChI is InChI=1S/C27H32N6O3/c1-16-20-10-9-19(13-18(20)15-32(16)26(35)36-27(2,3)4)30-24-23-22(11-12-29-25(23)34)33(31-24)21-8-6-5-7-17(21)14-28/h9-13,16-17,21H,5-8,15H2,1-4H3,(H,29,34)(H,30,31)/t16?,17-,21+/m1/s1. The van der Waals surface area contributed by atoms with Crippen molar-refractivity contribution < 1.29 is 9.53 Å². The first-order valence-corrected chi connectivity index (χ1v) is 12.6. The Hall–Kier alpha value is -3.80. The fourth-order valence-corrected chi connectivity index (χ4v) is 5.39. The number of amides is 1. The zero-order chi connectivity index (χ0) is 25.6. The fourth-order valence-electron chi connectivity index (χ4n) is 5.39. The molecule has 1 unspecified atom stereocenters. The molecule has 36 heavy (non-hydrogen) atoms. The zero-order valence-corrected chi connectivity index (χ0v) is 21.2. The largest absolute Gasteiger partial charge is 0.444 e. The number of nitrogens with zero attached hydrogens (tertiary/aromatic N) is 4. The number of hydrogen-bond acceptors (Lipinski definition) is 6. The van der Waals surface area contributed by atoms with Crippen LogP contribution in [0.4, 0.5) is 16.3 Å². The first-order chi connectivity index (χ1) is 17.2. The van der Waals surface area contributed by atoms with E-state index in [1.807, 2.05) is 56.6 Å². The maximum Gasteiger partial charge on any atom is 0.411 e. The van der Waals surface area contributed by atoms with E-state index < -0.39 is 5.60 Å². The number of pyridine rings is 1. The second kappa shape index (κ2) is 9.01. The van der Waals surface area contributed by atoms with Gasteiger partial charge in [0, 0.05) is 11.9 Å². The molecular formula is C27H32N6O3. The number of aromatic nitrogens is 3. The van der Waals surface area contributed by atoms with Crippen molar-refractivity contribution in [3.8, 4) is 6.07 Å². The second-order valence-electron chi connectivity index (χ2n) is 10.8. The van der Waals surface area contributed by atoms with Gasteiger partial charge < -0.3 is 15.0 Å². The molecule has 2 aliphatic rings. The lowest BCUT2D eigenvalue weighted by atomic mass is 9.85. The monoisotopic (exact) mass is 488 g/mol. The van der Waals surface area contributed by atoms with Crippen molar-refractivity contribution >= 4 is 28.5 Å². The lowest BCUT2D eigenvalue weighted by Gasteiger charge is -2.27. The lowest BCUT2D eigenvalue weighted by Crippen LogP contribution is -2.34. The molecule has 0 bridgehead atoms. The lowest BCUT2D eigenvalue weighted by molar-refractivity contribution is 0.0187. The molecule has 0 spiro atoms. The molecule has 9 nitrogen and oxygen atoms in total. The van der Waals surface area contributed by atoms with Crippen molar-refractivity contribution in [1.29, 1.82) is 5.26 Å². The van der Waals surface area contributed by atoms with E-state index in [2.05, 4.69) is 16.4 Å². The molecule has 3 atom stereocenters. The smallest absolute Gasteiger partial charge is 0.411 e. The SMILES string of the molecule is CC1c2ccc(Nc3nn([C@H]4CCCC[C@@H]4C#N)c4cc[nH]c(=O)c34)cc2CN1C(=O)OC(C)(C)C. The van der Waals surface area contributed by atoms with Gasteiger partial charge in [-0.2, -0.15) is 10.4 Å². The third kappa shape index (κ3) is 4.32. The van der Waals surface area contributed by atoms with E-state index in [1.165, 1.54) is 0 Å². The maximum absolute atomic E-state index is 12.8. The van der Waals surface area contributed by atoms with Gasteiger partial charge in [0.2, 0.25) is 0 Å². The number of H-pyrrole nitrogens is 1. The molecular weight excluding hydrogens is 456 g/mol. The Morgan fingerprint density at radius 3 is 2.78 bits per heavy atom. The number of hydrogen-bond donors (Lipinski definition) is 2. The predicted molar refractivity (Wildman–Crippen MR) is 137 cm³/mol. The molecule has 2 N–H and O–H groups in total. The van der Waals surface area contributed by atoms with Crippen molar-refractivity contribution in [2.45, 2.75) is 77.6 Å². The summed E-state index contributed by atoms with van der Waals surface area (Å²) < 4.78 is 7.45. The number of rotatable bonds is 3. The number of fused-ring (bicyclic) bond motifs is 2. The number of carbonyl (C=O) groups is 1. The summed E-state index contributed by atoms with van der Waals surface area (Å²) in [6.07, 6.45) is 5.06. The summed E-state index contributed by atoms with van der Waals surface area (Å²) >= 11 is 0. The first kappa shape index (κ1) is 23.9. The molecule has 3 aromatic rings. The molecule has 5 rings (SSSR count). The number of ether oxygens (including phenoxy) is 1. The summed E-state index contributed by atoms with van der Waals surface area (Å²) in [7, 11) is 0. The number of nitriles is 1. The Labute approximate surface area is 210 Å². The van der Waals surface area contributed by atoms with Gasteiger partial charge in [0.1, 0.15) is 11.0 Å². The van der Waals surface area contributed by atoms with Gasteiger partial charge >= 0.3 is 6.09 Å². The van der Waals surface area contributed by atoms with Crippen molar-refractivity contribution in [1.82, 2.24) is 19.7 Å². The number of anilines is 2. The first-order valence-electron chi connectivity index (χ1n) is 12.6. The van der Waals surface area contributed by atoms with Crippen molar-refractivity contribution in [2.75, 3.05) is 5.32 Å². The Kier molecular flexibility index (Phi) is 5.99. The Bertz CT molecular complexity index is 1410. The van der Waals surface area contributed by atoms with Gasteiger partial charge in [0.25, 0.3) is 5.56 Å². The Morgan fingerprint density at radius 1 is 1.25 bits per heavy atom. The van der Waals surface area contributed by atoms with E-state index in [1.54, 1.807) is 11.1 Å². The van der Waals surface area contributed by atoms with Gasteiger partial charge in [-0.3, -0.25) is 14.4 Å². The van der Waals surface area contributed by atoms with Crippen LogP contribution in [-0.2, 0) is 11.3 Å². The van der Waals surface area contributed by atoms with Crippen LogP contribution in [0.25, 0.3) is 10.9 Å². The van der Waals surface area contributed by atoms with Crippen molar-refractivity contribution in [3.63, 3.8) is 0 Å². The number of benzene rings is 1. The third-order valence-electron chi connectivity index (χ3n) is 7.13. The molecule has 2 aromatic heterocycles. The number of nitrogens with one attached hydrogen (secondary N) is 2. The van der Waals surface area contributed by atoms with Gasteiger partial charge in [-0.05, 0) is 69.9 Å². The highest BCUT2D eigenvalue weighted by atomic mass is 16.6. The highest BCUT2D eigenvalue weighted by molar-refractivity contribution is 5.91. The second-order valence-corrected chi connectivity index (χ2v) is 10.8. The molecule has 0 saturated heterocycles.